The molecule has 1 heterocycles. The Balaban J connectivity index is 1.51. The molecule has 2 N–H and O–H groups in total. The Morgan fingerprint density at radius 1 is 1.20 bits per heavy atom. The van der Waals surface area contributed by atoms with E-state index in [2.05, 4.69) is 5.32 Å². The molecule has 2 aliphatic carbocycles. The van der Waals surface area contributed by atoms with Crippen molar-refractivity contribution >= 4 is 11.7 Å². The first-order valence-electron chi connectivity index (χ1n) is 10.8. The summed E-state index contributed by atoms with van der Waals surface area (Å²) in [6.45, 7) is 4.76. The van der Waals surface area contributed by atoms with Gasteiger partial charge in [-0.15, -0.1) is 0 Å². The Morgan fingerprint density at radius 3 is 2.63 bits per heavy atom. The number of hydrogen-bond donors (Lipinski definition) is 2. The molecule has 3 aliphatic rings. The summed E-state index contributed by atoms with van der Waals surface area (Å²) in [7, 11) is 0. The van der Waals surface area contributed by atoms with E-state index in [9.17, 15) is 14.7 Å². The number of rotatable bonds is 7. The number of carbonyl (C=O) groups is 2. The minimum atomic E-state index is -0.0512. The lowest BCUT2D eigenvalue weighted by Gasteiger charge is -2.22. The van der Waals surface area contributed by atoms with E-state index >= 15 is 0 Å². The number of phenolic OH excluding ortho intramolecular Hbond substituents is 1. The van der Waals surface area contributed by atoms with Gasteiger partial charge in [-0.1, -0.05) is 19.1 Å². The van der Waals surface area contributed by atoms with Gasteiger partial charge in [0.2, 0.25) is 0 Å². The van der Waals surface area contributed by atoms with Crippen LogP contribution in [-0.2, 0) is 17.8 Å². The van der Waals surface area contributed by atoms with Crippen LogP contribution < -0.4 is 10.1 Å². The monoisotopic (exact) mass is 405 g/mol. The van der Waals surface area contributed by atoms with Gasteiger partial charge >= 0.3 is 0 Å². The van der Waals surface area contributed by atoms with Gasteiger partial charge < -0.3 is 15.2 Å². The number of aromatic hydroxyl groups is 1. The van der Waals surface area contributed by atoms with E-state index in [4.69, 9.17) is 4.74 Å². The van der Waals surface area contributed by atoms with Crippen LogP contribution in [0.2, 0.25) is 0 Å². The maximum Gasteiger partial charge on any atom is 0.251 e. The summed E-state index contributed by atoms with van der Waals surface area (Å²) in [5, 5.41) is 13.4. The van der Waals surface area contributed by atoms with Crippen molar-refractivity contribution in [2.45, 2.75) is 46.1 Å². The highest BCUT2D eigenvalue weighted by Gasteiger charge is 2.61. The zero-order valence-electron chi connectivity index (χ0n) is 17.5. The molecule has 2 unspecified atom stereocenters. The molecule has 5 nitrogen and oxygen atoms in total. The smallest absolute Gasteiger partial charge is 0.251 e. The number of Topliss-reactive ketones (excluding diaryl/α,β-unsaturated/α-hetero) is 1. The lowest BCUT2D eigenvalue weighted by atomic mass is 9.93. The minimum Gasteiger partial charge on any atom is -0.508 e. The van der Waals surface area contributed by atoms with Crippen molar-refractivity contribution in [3.05, 3.63) is 47.0 Å². The molecule has 2 atom stereocenters. The van der Waals surface area contributed by atoms with Crippen molar-refractivity contribution in [1.82, 2.24) is 5.32 Å². The molecule has 1 amide bonds. The highest BCUT2D eigenvalue weighted by molar-refractivity contribution is 6.00. The van der Waals surface area contributed by atoms with Gasteiger partial charge in [0, 0.05) is 34.6 Å². The van der Waals surface area contributed by atoms with Gasteiger partial charge in [0.05, 0.1) is 6.61 Å². The van der Waals surface area contributed by atoms with Crippen LogP contribution in [0.25, 0.3) is 11.1 Å². The number of phenols is 1. The Labute approximate surface area is 176 Å². The molecule has 1 aliphatic heterocycles. The van der Waals surface area contributed by atoms with Crippen LogP contribution in [0.1, 0.15) is 54.6 Å². The summed E-state index contributed by atoms with van der Waals surface area (Å²) in [5.41, 5.74) is 4.43. The Hall–Kier alpha value is -2.82. The van der Waals surface area contributed by atoms with Crippen LogP contribution in [0.3, 0.4) is 0 Å². The van der Waals surface area contributed by atoms with Gasteiger partial charge in [-0.05, 0) is 67.9 Å². The van der Waals surface area contributed by atoms with Crippen molar-refractivity contribution in [1.29, 1.82) is 0 Å². The molecule has 2 fully saturated rings. The van der Waals surface area contributed by atoms with E-state index in [1.165, 1.54) is 0 Å². The molecular weight excluding hydrogens is 378 g/mol. The molecule has 2 aromatic rings. The number of ether oxygens (including phenoxy) is 1. The van der Waals surface area contributed by atoms with Crippen molar-refractivity contribution < 1.29 is 19.4 Å². The Bertz CT molecular complexity index is 1050. The molecule has 5 heteroatoms. The highest BCUT2D eigenvalue weighted by atomic mass is 16.5. The lowest BCUT2D eigenvalue weighted by molar-refractivity contribution is -0.118. The fourth-order valence-corrected chi connectivity index (χ4v) is 5.16. The number of amides is 1. The second kappa shape index (κ2) is 6.86. The summed E-state index contributed by atoms with van der Waals surface area (Å²) >= 11 is 0. The quantitative estimate of drug-likeness (QED) is 0.722. The number of carbonyl (C=O) groups excluding carboxylic acids is 2. The van der Waals surface area contributed by atoms with Gasteiger partial charge in [-0.3, -0.25) is 9.59 Å². The predicted octanol–water partition coefficient (Wildman–Crippen LogP) is 4.25. The van der Waals surface area contributed by atoms with Crippen molar-refractivity contribution in [3.8, 4) is 22.6 Å². The fraction of sp³-hybridized carbons (Fsp3) is 0.440. The zero-order chi connectivity index (χ0) is 21.0. The molecule has 0 saturated heterocycles. The molecule has 2 saturated carbocycles. The largest absolute Gasteiger partial charge is 0.508 e. The van der Waals surface area contributed by atoms with Crippen LogP contribution in [-0.4, -0.2) is 23.4 Å². The summed E-state index contributed by atoms with van der Waals surface area (Å²) < 4.78 is 6.46. The zero-order valence-corrected chi connectivity index (χ0v) is 17.5. The molecule has 156 valence electrons. The third kappa shape index (κ3) is 2.99. The number of nitrogens with one attached hydrogen (secondary N) is 1. The van der Waals surface area contributed by atoms with E-state index in [0.29, 0.717) is 36.8 Å². The van der Waals surface area contributed by atoms with Crippen LogP contribution in [0.15, 0.2) is 30.3 Å². The highest BCUT2D eigenvalue weighted by Crippen LogP contribution is 2.64. The minimum absolute atomic E-state index is 0.0512. The first kappa shape index (κ1) is 19.2. The second-order valence-electron chi connectivity index (χ2n) is 9.02. The standard InChI is InChI=1S/C25H27NO4/c1-3-15-22(28)8-7-17(16-5-4-6-18-20(16)12-26-24(18)29)23(15)30-13-25(9-10-25)21-11-19(21)14(2)27/h4-8,19,21,28H,3,9-13H2,1-2H3,(H,26,29). The van der Waals surface area contributed by atoms with Crippen LogP contribution in [0.4, 0.5) is 0 Å². The number of hydrogen-bond acceptors (Lipinski definition) is 4. The normalized spacial score (nSPS) is 22.9. The van der Waals surface area contributed by atoms with Crippen LogP contribution >= 0.6 is 0 Å². The van der Waals surface area contributed by atoms with Gasteiger partial charge in [0.1, 0.15) is 17.3 Å². The first-order chi connectivity index (χ1) is 14.4. The molecule has 0 radical (unpaired) electrons. The van der Waals surface area contributed by atoms with Gasteiger partial charge in [-0.2, -0.15) is 0 Å². The van der Waals surface area contributed by atoms with Crippen molar-refractivity contribution in [3.63, 3.8) is 0 Å². The molecule has 2 aromatic carbocycles. The molecule has 0 aromatic heterocycles. The Morgan fingerprint density at radius 2 is 1.97 bits per heavy atom. The van der Waals surface area contributed by atoms with Gasteiger partial charge in [0.25, 0.3) is 5.91 Å². The third-order valence-electron chi connectivity index (χ3n) is 7.22. The molecule has 5 rings (SSSR count). The third-order valence-corrected chi connectivity index (χ3v) is 7.22. The van der Waals surface area contributed by atoms with Crippen molar-refractivity contribution in [2.75, 3.05) is 6.61 Å². The second-order valence-corrected chi connectivity index (χ2v) is 9.02. The van der Waals surface area contributed by atoms with Crippen molar-refractivity contribution in [2.24, 2.45) is 17.3 Å². The number of fused-ring (bicyclic) bond motifs is 1. The maximum absolute atomic E-state index is 12.1. The van der Waals surface area contributed by atoms with E-state index in [1.807, 2.05) is 31.2 Å². The van der Waals surface area contributed by atoms with E-state index in [-0.39, 0.29) is 28.8 Å². The van der Waals surface area contributed by atoms with Gasteiger partial charge in [0.15, 0.2) is 0 Å². The molecule has 30 heavy (non-hydrogen) atoms. The summed E-state index contributed by atoms with van der Waals surface area (Å²) in [6.07, 6.45) is 3.81. The van der Waals surface area contributed by atoms with E-state index < -0.39 is 0 Å². The fourth-order valence-electron chi connectivity index (χ4n) is 5.16. The molecule has 0 spiro atoms. The predicted molar refractivity (Wildman–Crippen MR) is 114 cm³/mol. The molecular formula is C25H27NO4. The topological polar surface area (TPSA) is 75.6 Å². The number of ketones is 1. The molecule has 0 bridgehead atoms. The van der Waals surface area contributed by atoms with Gasteiger partial charge in [-0.25, -0.2) is 0 Å². The Kier molecular flexibility index (Phi) is 4.38. The average molecular weight is 405 g/mol. The summed E-state index contributed by atoms with van der Waals surface area (Å²) in [5.74, 6) is 1.80. The summed E-state index contributed by atoms with van der Waals surface area (Å²) in [6, 6.07) is 9.35. The average Bonchev–Trinajstić information content (AvgIpc) is 3.64. The van der Waals surface area contributed by atoms with E-state index in [1.54, 1.807) is 13.0 Å². The number of benzene rings is 2. The first-order valence-corrected chi connectivity index (χ1v) is 10.8. The van der Waals surface area contributed by atoms with E-state index in [0.717, 1.165) is 41.5 Å². The van der Waals surface area contributed by atoms with Crippen LogP contribution in [0, 0.1) is 17.3 Å². The maximum atomic E-state index is 12.1. The lowest BCUT2D eigenvalue weighted by Crippen LogP contribution is -2.18. The SMILES string of the molecule is CCc1c(O)ccc(-c2cccc3c2CNC3=O)c1OCC1(C2CC2C(C)=O)CC1. The van der Waals surface area contributed by atoms with Crippen LogP contribution in [0.5, 0.6) is 11.5 Å². The summed E-state index contributed by atoms with van der Waals surface area (Å²) in [4.78, 5) is 23.9.